The molecule has 25 heavy (non-hydrogen) atoms. The Morgan fingerprint density at radius 1 is 1.36 bits per heavy atom. The van der Waals surface area contributed by atoms with Crippen molar-refractivity contribution in [3.63, 3.8) is 0 Å². The molecule has 1 amide bonds. The lowest BCUT2D eigenvalue weighted by Crippen LogP contribution is -2.30. The van der Waals surface area contributed by atoms with Gasteiger partial charge in [-0.2, -0.15) is 0 Å². The minimum atomic E-state index is -0.921. The predicted molar refractivity (Wildman–Crippen MR) is 94.3 cm³/mol. The average molecular weight is 411 g/mol. The molecule has 0 fully saturated rings. The largest absolute Gasteiger partial charge is 0.494 e. The number of aryl methyl sites for hydroxylation is 1. The molecular formula is C17H19BrN2O5. The summed E-state index contributed by atoms with van der Waals surface area (Å²) in [5.74, 6) is 0.653. The number of carbonyl (C=O) groups excluding carboxylic acids is 2. The first-order valence-corrected chi connectivity index (χ1v) is 8.55. The van der Waals surface area contributed by atoms with Gasteiger partial charge in [0.25, 0.3) is 5.91 Å². The van der Waals surface area contributed by atoms with Crippen molar-refractivity contribution in [2.24, 2.45) is 0 Å². The lowest BCUT2D eigenvalue weighted by molar-refractivity contribution is -0.153. The summed E-state index contributed by atoms with van der Waals surface area (Å²) in [5.41, 5.74) is 0. The van der Waals surface area contributed by atoms with Gasteiger partial charge in [0.05, 0.1) is 6.61 Å². The molecule has 7 nitrogen and oxygen atoms in total. The van der Waals surface area contributed by atoms with Gasteiger partial charge in [-0.25, -0.2) is 0 Å². The molecule has 2 aromatic rings. The molecule has 0 radical (unpaired) electrons. The van der Waals surface area contributed by atoms with Crippen LogP contribution in [0.4, 0.5) is 5.82 Å². The predicted octanol–water partition coefficient (Wildman–Crippen LogP) is 3.47. The van der Waals surface area contributed by atoms with E-state index in [1.807, 2.05) is 24.3 Å². The summed E-state index contributed by atoms with van der Waals surface area (Å²) in [4.78, 5) is 23.7. The zero-order valence-electron chi connectivity index (χ0n) is 14.0. The van der Waals surface area contributed by atoms with Gasteiger partial charge in [0, 0.05) is 17.0 Å². The van der Waals surface area contributed by atoms with Crippen molar-refractivity contribution in [3.8, 4) is 5.75 Å². The number of carbonyl (C=O) groups is 2. The van der Waals surface area contributed by atoms with E-state index in [9.17, 15) is 9.59 Å². The second kappa shape index (κ2) is 9.22. The number of amides is 1. The highest BCUT2D eigenvalue weighted by Crippen LogP contribution is 2.18. The third-order valence-corrected chi connectivity index (χ3v) is 3.64. The van der Waals surface area contributed by atoms with Crippen molar-refractivity contribution in [3.05, 3.63) is 40.6 Å². The number of ether oxygens (including phenoxy) is 2. The van der Waals surface area contributed by atoms with Gasteiger partial charge >= 0.3 is 5.97 Å². The molecule has 0 saturated carbocycles. The van der Waals surface area contributed by atoms with E-state index in [1.165, 1.54) is 6.92 Å². The number of esters is 1. The maximum Gasteiger partial charge on any atom is 0.306 e. The zero-order valence-corrected chi connectivity index (χ0v) is 15.5. The molecule has 134 valence electrons. The van der Waals surface area contributed by atoms with Crippen LogP contribution in [0.1, 0.15) is 25.5 Å². The number of aromatic nitrogens is 1. The SMILES string of the molecule is Cc1cc(NC(=O)C(C)OC(=O)CCCOc2cccc(Br)c2)no1. The molecule has 1 aromatic carbocycles. The molecule has 1 unspecified atom stereocenters. The molecule has 2 rings (SSSR count). The van der Waals surface area contributed by atoms with Crippen LogP contribution < -0.4 is 10.1 Å². The monoisotopic (exact) mass is 410 g/mol. The van der Waals surface area contributed by atoms with Gasteiger partial charge in [-0.1, -0.05) is 27.2 Å². The van der Waals surface area contributed by atoms with Crippen molar-refractivity contribution in [1.82, 2.24) is 5.16 Å². The quantitative estimate of drug-likeness (QED) is 0.529. The Balaban J connectivity index is 1.66. The molecule has 1 N–H and O–H groups in total. The number of rotatable bonds is 8. The van der Waals surface area contributed by atoms with E-state index >= 15 is 0 Å². The molecule has 0 saturated heterocycles. The first-order chi connectivity index (χ1) is 11.9. The molecule has 0 aliphatic rings. The minimum absolute atomic E-state index is 0.161. The molecule has 0 spiro atoms. The molecule has 0 aliphatic heterocycles. The Hall–Kier alpha value is -2.35. The van der Waals surface area contributed by atoms with Gasteiger partial charge in [-0.15, -0.1) is 0 Å². The van der Waals surface area contributed by atoms with Crippen LogP contribution in [0.2, 0.25) is 0 Å². The number of halogens is 1. The van der Waals surface area contributed by atoms with Crippen molar-refractivity contribution >= 4 is 33.6 Å². The summed E-state index contributed by atoms with van der Waals surface area (Å²) >= 11 is 3.36. The van der Waals surface area contributed by atoms with Crippen LogP contribution in [0, 0.1) is 6.92 Å². The zero-order chi connectivity index (χ0) is 18.2. The number of benzene rings is 1. The third-order valence-electron chi connectivity index (χ3n) is 3.15. The van der Waals surface area contributed by atoms with E-state index in [0.29, 0.717) is 18.8 Å². The number of anilines is 1. The second-order valence-corrected chi connectivity index (χ2v) is 6.27. The lowest BCUT2D eigenvalue weighted by atomic mass is 10.3. The number of hydrogen-bond donors (Lipinski definition) is 1. The van der Waals surface area contributed by atoms with Gasteiger partial charge in [0.15, 0.2) is 11.9 Å². The van der Waals surface area contributed by atoms with Crippen LogP contribution in [-0.4, -0.2) is 29.7 Å². The van der Waals surface area contributed by atoms with Crippen LogP contribution in [0.25, 0.3) is 0 Å². The molecule has 0 aliphatic carbocycles. The molecular weight excluding hydrogens is 392 g/mol. The summed E-state index contributed by atoms with van der Waals surface area (Å²) in [5, 5.41) is 6.16. The van der Waals surface area contributed by atoms with Gasteiger partial charge in [0.2, 0.25) is 0 Å². The van der Waals surface area contributed by atoms with Crippen molar-refractivity contribution in [2.75, 3.05) is 11.9 Å². The highest BCUT2D eigenvalue weighted by Gasteiger charge is 2.18. The van der Waals surface area contributed by atoms with Crippen molar-refractivity contribution in [1.29, 1.82) is 0 Å². The highest BCUT2D eigenvalue weighted by molar-refractivity contribution is 9.10. The number of hydrogen-bond acceptors (Lipinski definition) is 6. The topological polar surface area (TPSA) is 90.7 Å². The maximum absolute atomic E-state index is 11.9. The second-order valence-electron chi connectivity index (χ2n) is 5.35. The maximum atomic E-state index is 11.9. The van der Waals surface area contributed by atoms with Crippen molar-refractivity contribution < 1.29 is 23.6 Å². The number of nitrogens with one attached hydrogen (secondary N) is 1. The van der Waals surface area contributed by atoms with Crippen LogP contribution in [0.5, 0.6) is 5.75 Å². The smallest absolute Gasteiger partial charge is 0.306 e. The highest BCUT2D eigenvalue weighted by atomic mass is 79.9. The number of nitrogens with zero attached hydrogens (tertiary/aromatic N) is 1. The van der Waals surface area contributed by atoms with Gasteiger partial charge in [-0.3, -0.25) is 9.59 Å². The molecule has 1 atom stereocenters. The van der Waals surface area contributed by atoms with Gasteiger partial charge in [0.1, 0.15) is 11.5 Å². The first kappa shape index (κ1) is 19.0. The Morgan fingerprint density at radius 2 is 2.16 bits per heavy atom. The van der Waals surface area contributed by atoms with E-state index in [4.69, 9.17) is 14.0 Å². The van der Waals surface area contributed by atoms with E-state index in [-0.39, 0.29) is 12.2 Å². The normalized spacial score (nSPS) is 11.6. The van der Waals surface area contributed by atoms with E-state index in [1.54, 1.807) is 13.0 Å². The summed E-state index contributed by atoms with van der Waals surface area (Å²) < 4.78 is 16.4. The van der Waals surface area contributed by atoms with E-state index < -0.39 is 18.0 Å². The summed E-state index contributed by atoms with van der Waals surface area (Å²) in [6.07, 6.45) is -0.271. The fraction of sp³-hybridized carbons (Fsp3) is 0.353. The summed E-state index contributed by atoms with van der Waals surface area (Å²) in [7, 11) is 0. The van der Waals surface area contributed by atoms with Crippen LogP contribution >= 0.6 is 15.9 Å². The summed E-state index contributed by atoms with van der Waals surface area (Å²) in [6.45, 7) is 3.59. The minimum Gasteiger partial charge on any atom is -0.494 e. The van der Waals surface area contributed by atoms with E-state index in [0.717, 1.165) is 10.2 Å². The van der Waals surface area contributed by atoms with Crippen LogP contribution in [0.15, 0.2) is 39.3 Å². The Kier molecular flexibility index (Phi) is 7.00. The van der Waals surface area contributed by atoms with E-state index in [2.05, 4.69) is 26.4 Å². The molecule has 0 bridgehead atoms. The molecule has 1 aromatic heterocycles. The Labute approximate surface area is 153 Å². The third kappa shape index (κ3) is 6.58. The fourth-order valence-corrected chi connectivity index (χ4v) is 2.30. The van der Waals surface area contributed by atoms with Gasteiger partial charge in [-0.05, 0) is 38.5 Å². The van der Waals surface area contributed by atoms with Crippen LogP contribution in [0.3, 0.4) is 0 Å². The Morgan fingerprint density at radius 3 is 2.84 bits per heavy atom. The average Bonchev–Trinajstić information content (AvgIpc) is 2.96. The van der Waals surface area contributed by atoms with Crippen molar-refractivity contribution in [2.45, 2.75) is 32.8 Å². The standard InChI is InChI=1S/C17H19BrN2O5/c1-11-9-15(20-25-11)19-17(22)12(2)24-16(21)7-4-8-23-14-6-3-5-13(18)10-14/h3,5-6,9-10,12H,4,7-8H2,1-2H3,(H,19,20,22). The summed E-state index contributed by atoms with van der Waals surface area (Å²) in [6, 6.07) is 9.02. The lowest BCUT2D eigenvalue weighted by Gasteiger charge is -2.12. The Bertz CT molecular complexity index is 731. The van der Waals surface area contributed by atoms with Crippen LogP contribution in [-0.2, 0) is 14.3 Å². The first-order valence-electron chi connectivity index (χ1n) is 7.76. The van der Waals surface area contributed by atoms with Gasteiger partial charge < -0.3 is 19.3 Å². The molecule has 8 heteroatoms. The fourth-order valence-electron chi connectivity index (χ4n) is 1.93. The molecule has 1 heterocycles.